The van der Waals surface area contributed by atoms with E-state index in [-0.39, 0.29) is 10.8 Å². The zero-order valence-electron chi connectivity index (χ0n) is 31.2. The van der Waals surface area contributed by atoms with E-state index in [0.717, 1.165) is 24.2 Å². The van der Waals surface area contributed by atoms with Crippen molar-refractivity contribution in [1.29, 1.82) is 0 Å². The first-order valence-corrected chi connectivity index (χ1v) is 19.3. The molecule has 1 atom stereocenters. The molecule has 0 radical (unpaired) electrons. The number of nitrogens with zero attached hydrogens (tertiary/aromatic N) is 1. The van der Waals surface area contributed by atoms with Crippen LogP contribution in [0.25, 0.3) is 33.0 Å². The van der Waals surface area contributed by atoms with Crippen LogP contribution in [0.4, 0.5) is 17.1 Å². The Balaban J connectivity index is 1.15. The number of anilines is 3. The largest absolute Gasteiger partial charge is 0.310 e. The van der Waals surface area contributed by atoms with Crippen LogP contribution in [0.3, 0.4) is 0 Å². The van der Waals surface area contributed by atoms with Gasteiger partial charge in [0.1, 0.15) is 0 Å². The summed E-state index contributed by atoms with van der Waals surface area (Å²) in [6, 6.07) is 51.4. The minimum absolute atomic E-state index is 0.106. The normalized spacial score (nSPS) is 19.1. The van der Waals surface area contributed by atoms with Crippen LogP contribution in [-0.4, -0.2) is 0 Å². The minimum atomic E-state index is -0.108. The topological polar surface area (TPSA) is 3.24 Å². The highest BCUT2D eigenvalue weighted by molar-refractivity contribution is 6.03. The van der Waals surface area contributed by atoms with Crippen LogP contribution in [0, 0.1) is 5.41 Å². The van der Waals surface area contributed by atoms with Crippen LogP contribution in [-0.2, 0) is 5.41 Å². The highest BCUT2D eigenvalue weighted by Gasteiger charge is 2.49. The summed E-state index contributed by atoms with van der Waals surface area (Å²) in [7, 11) is 0. The smallest absolute Gasteiger partial charge is 0.0543 e. The van der Waals surface area contributed by atoms with Crippen LogP contribution in [0.15, 0.2) is 186 Å². The molecule has 0 aliphatic heterocycles. The third-order valence-electron chi connectivity index (χ3n) is 12.9. The Morgan fingerprint density at radius 1 is 0.547 bits per heavy atom. The molecule has 0 heterocycles. The summed E-state index contributed by atoms with van der Waals surface area (Å²) in [6.07, 6.45) is 10.9. The van der Waals surface area contributed by atoms with Crippen LogP contribution < -0.4 is 4.90 Å². The number of benzene rings is 6. The lowest BCUT2D eigenvalue weighted by molar-refractivity contribution is 0.486. The number of rotatable bonds is 5. The zero-order valence-corrected chi connectivity index (χ0v) is 31.2. The fourth-order valence-corrected chi connectivity index (χ4v) is 10.1. The van der Waals surface area contributed by atoms with Gasteiger partial charge in [-0.3, -0.25) is 0 Å². The van der Waals surface area contributed by atoms with E-state index >= 15 is 0 Å². The highest BCUT2D eigenvalue weighted by Crippen LogP contribution is 2.63. The number of hydrogen-bond donors (Lipinski definition) is 0. The van der Waals surface area contributed by atoms with E-state index in [1.807, 2.05) is 0 Å². The van der Waals surface area contributed by atoms with Gasteiger partial charge in [0.2, 0.25) is 0 Å². The monoisotopic (exact) mass is 683 g/mol. The van der Waals surface area contributed by atoms with Gasteiger partial charge < -0.3 is 4.90 Å². The maximum absolute atomic E-state index is 2.63. The molecule has 0 spiro atoms. The molecule has 1 unspecified atom stereocenters. The first kappa shape index (κ1) is 32.0. The Hall–Kier alpha value is -5.66. The van der Waals surface area contributed by atoms with Crippen molar-refractivity contribution in [2.24, 2.45) is 5.41 Å². The molecular formula is C52H45N. The lowest BCUT2D eigenvalue weighted by Gasteiger charge is -2.33. The molecule has 0 saturated carbocycles. The van der Waals surface area contributed by atoms with Crippen LogP contribution in [0.2, 0.25) is 0 Å². The lowest BCUT2D eigenvalue weighted by Crippen LogP contribution is -2.22. The van der Waals surface area contributed by atoms with E-state index in [0.29, 0.717) is 5.92 Å². The second-order valence-electron chi connectivity index (χ2n) is 16.4. The summed E-state index contributed by atoms with van der Waals surface area (Å²) >= 11 is 0. The van der Waals surface area contributed by atoms with Crippen LogP contribution in [0.5, 0.6) is 0 Å². The molecule has 4 aliphatic carbocycles. The van der Waals surface area contributed by atoms with E-state index in [1.165, 1.54) is 67.4 Å². The molecule has 6 aromatic carbocycles. The molecular weight excluding hydrogens is 639 g/mol. The van der Waals surface area contributed by atoms with Crippen LogP contribution >= 0.6 is 0 Å². The van der Waals surface area contributed by atoms with E-state index in [1.54, 1.807) is 16.7 Å². The first-order valence-electron chi connectivity index (χ1n) is 19.3. The average molecular weight is 684 g/mol. The Morgan fingerprint density at radius 3 is 1.70 bits per heavy atom. The molecule has 258 valence electrons. The summed E-state index contributed by atoms with van der Waals surface area (Å²) in [5.41, 5.74) is 19.3. The summed E-state index contributed by atoms with van der Waals surface area (Å²) in [5.74, 6) is 0.381. The number of fused-ring (bicyclic) bond motifs is 6. The van der Waals surface area contributed by atoms with Crippen molar-refractivity contribution in [3.05, 3.63) is 197 Å². The van der Waals surface area contributed by atoms with Gasteiger partial charge in [-0.05, 0) is 99.5 Å². The molecule has 0 aromatic heterocycles. The van der Waals surface area contributed by atoms with Crippen molar-refractivity contribution in [3.63, 3.8) is 0 Å². The van der Waals surface area contributed by atoms with Crippen molar-refractivity contribution < 1.29 is 0 Å². The van der Waals surface area contributed by atoms with Gasteiger partial charge in [-0.2, -0.15) is 0 Å². The molecule has 1 nitrogen and oxygen atoms in total. The van der Waals surface area contributed by atoms with E-state index in [4.69, 9.17) is 0 Å². The summed E-state index contributed by atoms with van der Waals surface area (Å²) < 4.78 is 0. The molecule has 0 fully saturated rings. The third kappa shape index (κ3) is 4.90. The number of allylic oxidation sites excluding steroid dienone is 8. The predicted octanol–water partition coefficient (Wildman–Crippen LogP) is 14.3. The van der Waals surface area contributed by atoms with Gasteiger partial charge in [-0.1, -0.05) is 172 Å². The van der Waals surface area contributed by atoms with Crippen molar-refractivity contribution in [2.75, 3.05) is 4.90 Å². The van der Waals surface area contributed by atoms with Crippen molar-refractivity contribution in [3.8, 4) is 22.3 Å². The zero-order chi connectivity index (χ0) is 35.9. The summed E-state index contributed by atoms with van der Waals surface area (Å²) in [6.45, 7) is 9.91. The molecule has 0 saturated heterocycles. The second-order valence-corrected chi connectivity index (χ2v) is 16.4. The van der Waals surface area contributed by atoms with Crippen molar-refractivity contribution >= 4 is 27.8 Å². The van der Waals surface area contributed by atoms with Gasteiger partial charge in [0.15, 0.2) is 0 Å². The van der Waals surface area contributed by atoms with Gasteiger partial charge in [-0.25, -0.2) is 0 Å². The molecule has 10 rings (SSSR count). The number of hydrogen-bond acceptors (Lipinski definition) is 1. The van der Waals surface area contributed by atoms with E-state index < -0.39 is 0 Å². The molecule has 53 heavy (non-hydrogen) atoms. The molecule has 0 bridgehead atoms. The van der Waals surface area contributed by atoms with Crippen molar-refractivity contribution in [1.82, 2.24) is 0 Å². The third-order valence-corrected chi connectivity index (χ3v) is 12.9. The Morgan fingerprint density at radius 2 is 1.09 bits per heavy atom. The quantitative estimate of drug-likeness (QED) is 0.175. The van der Waals surface area contributed by atoms with Gasteiger partial charge in [0.25, 0.3) is 0 Å². The highest BCUT2D eigenvalue weighted by atomic mass is 15.1. The predicted molar refractivity (Wildman–Crippen MR) is 224 cm³/mol. The lowest BCUT2D eigenvalue weighted by atomic mass is 9.70. The van der Waals surface area contributed by atoms with Gasteiger partial charge in [0.05, 0.1) is 5.69 Å². The van der Waals surface area contributed by atoms with Crippen molar-refractivity contribution in [2.45, 2.75) is 58.3 Å². The Labute approximate surface area is 314 Å². The molecule has 4 aliphatic rings. The average Bonchev–Trinajstić information content (AvgIpc) is 3.57. The van der Waals surface area contributed by atoms with Gasteiger partial charge in [-0.15, -0.1) is 0 Å². The van der Waals surface area contributed by atoms with Crippen LogP contribution in [0.1, 0.15) is 64.0 Å². The molecule has 6 aromatic rings. The Bertz CT molecular complexity index is 2460. The van der Waals surface area contributed by atoms with Gasteiger partial charge in [0, 0.05) is 33.5 Å². The molecule has 1 heteroatoms. The Kier molecular flexibility index (Phi) is 7.21. The standard InChI is InChI=1S/C52H45N/c1-51(2)45-22-14-13-19-40(45)43-31-47-44(32-46(43)51)50-42-21-12-11-20-41(42)49(33-48(50)52(47,3)4)53(38-27-23-36(24-28-38)34-15-7-5-8-16-34)39-29-25-37(26-30-39)35-17-9-6-10-18-35/h5-13,15-21,23-31,33,44H,14,22,32H2,1-4H3. The summed E-state index contributed by atoms with van der Waals surface area (Å²) in [4.78, 5) is 2.49. The molecule has 0 amide bonds. The van der Waals surface area contributed by atoms with E-state index in [9.17, 15) is 0 Å². The van der Waals surface area contributed by atoms with E-state index in [2.05, 4.69) is 190 Å². The maximum Gasteiger partial charge on any atom is 0.0543 e. The minimum Gasteiger partial charge on any atom is -0.310 e. The first-order chi connectivity index (χ1) is 25.8. The molecule has 0 N–H and O–H groups in total. The fourth-order valence-electron chi connectivity index (χ4n) is 10.1. The van der Waals surface area contributed by atoms with Gasteiger partial charge >= 0.3 is 0 Å². The second kappa shape index (κ2) is 11.9. The maximum atomic E-state index is 2.63. The SMILES string of the molecule is CC1(C)C2=C(C=CCC2)C2=C1CC1C(=C2)C(C)(C)c2cc(N(c3ccc(-c4ccccc4)cc3)c3ccc(-c4ccccc4)cc3)c3ccccc3c21. The fraction of sp³-hybridized carbons (Fsp3) is 0.192. The summed E-state index contributed by atoms with van der Waals surface area (Å²) in [5, 5.41) is 2.68.